The molecule has 1 aliphatic heterocycles. The fourth-order valence-corrected chi connectivity index (χ4v) is 4.61. The molecular formula is C21H23N5O4S. The first-order valence-electron chi connectivity index (χ1n) is 10.3. The van der Waals surface area contributed by atoms with Gasteiger partial charge in [-0.05, 0) is 42.9 Å². The summed E-state index contributed by atoms with van der Waals surface area (Å²) in [5.74, 6) is 1.25. The molecule has 31 heavy (non-hydrogen) atoms. The number of pyridine rings is 1. The molecule has 1 aromatic carbocycles. The van der Waals surface area contributed by atoms with Crippen LogP contribution in [0.5, 0.6) is 5.75 Å². The second kappa shape index (κ2) is 7.84. The molecule has 0 saturated heterocycles. The first kappa shape index (κ1) is 19.8. The predicted molar refractivity (Wildman–Crippen MR) is 116 cm³/mol. The van der Waals surface area contributed by atoms with Crippen molar-refractivity contribution in [3.8, 4) is 17.1 Å². The van der Waals surface area contributed by atoms with E-state index in [-0.39, 0.29) is 17.6 Å². The number of imidazole rings is 1. The van der Waals surface area contributed by atoms with E-state index >= 15 is 0 Å². The predicted octanol–water partition coefficient (Wildman–Crippen LogP) is 1.67. The minimum atomic E-state index is -2.54. The molecule has 0 bridgehead atoms. The lowest BCUT2D eigenvalue weighted by atomic mass is 10.1. The Morgan fingerprint density at radius 2 is 2.13 bits per heavy atom. The van der Waals surface area contributed by atoms with Crippen LogP contribution < -0.4 is 15.8 Å². The molecule has 10 heteroatoms. The first-order chi connectivity index (χ1) is 15.0. The van der Waals surface area contributed by atoms with Crippen molar-refractivity contribution < 1.29 is 17.9 Å². The number of aromatic nitrogens is 3. The van der Waals surface area contributed by atoms with Gasteiger partial charge in [-0.25, -0.2) is 13.4 Å². The van der Waals surface area contributed by atoms with Crippen LogP contribution in [0.15, 0.2) is 30.6 Å². The number of carbonyl (C=O) groups is 1. The highest BCUT2D eigenvalue weighted by Gasteiger charge is 2.35. The highest BCUT2D eigenvalue weighted by Crippen LogP contribution is 2.38. The number of aryl methyl sites for hydroxylation is 1. The molecule has 2 aliphatic rings. The van der Waals surface area contributed by atoms with Gasteiger partial charge in [0.15, 0.2) is 0 Å². The van der Waals surface area contributed by atoms with Gasteiger partial charge in [-0.15, -0.1) is 0 Å². The molecule has 1 atom stereocenters. The average Bonchev–Trinajstić information content (AvgIpc) is 3.52. The molecule has 0 spiro atoms. The van der Waals surface area contributed by atoms with E-state index in [1.807, 2.05) is 18.2 Å². The van der Waals surface area contributed by atoms with E-state index in [0.717, 1.165) is 48.1 Å². The molecule has 1 fully saturated rings. The average molecular weight is 442 g/mol. The van der Waals surface area contributed by atoms with E-state index in [1.54, 1.807) is 12.4 Å². The van der Waals surface area contributed by atoms with Crippen LogP contribution in [-0.2, 0) is 27.8 Å². The monoisotopic (exact) mass is 441 g/mol. The van der Waals surface area contributed by atoms with Gasteiger partial charge in [0, 0.05) is 36.3 Å². The summed E-state index contributed by atoms with van der Waals surface area (Å²) < 4.78 is 30.4. The van der Waals surface area contributed by atoms with Crippen molar-refractivity contribution in [2.45, 2.75) is 37.6 Å². The van der Waals surface area contributed by atoms with Crippen molar-refractivity contribution in [2.75, 3.05) is 11.9 Å². The summed E-state index contributed by atoms with van der Waals surface area (Å²) in [6, 6.07) is 5.19. The van der Waals surface area contributed by atoms with Gasteiger partial charge in [0.2, 0.25) is 5.91 Å². The van der Waals surface area contributed by atoms with E-state index in [1.165, 1.54) is 0 Å². The molecule has 3 heterocycles. The van der Waals surface area contributed by atoms with Crippen LogP contribution in [0.3, 0.4) is 0 Å². The number of primary amides is 1. The zero-order chi connectivity index (χ0) is 21.5. The van der Waals surface area contributed by atoms with Gasteiger partial charge in [0.05, 0.1) is 17.9 Å². The lowest BCUT2D eigenvalue weighted by Crippen LogP contribution is -2.37. The Morgan fingerprint density at radius 3 is 2.87 bits per heavy atom. The second-order valence-corrected chi connectivity index (χ2v) is 9.05. The number of thiol groups is 1. The number of nitrogens with two attached hydrogens (primary N) is 1. The molecule has 3 N–H and O–H groups in total. The summed E-state index contributed by atoms with van der Waals surface area (Å²) in [4.78, 5) is 20.9. The van der Waals surface area contributed by atoms with Gasteiger partial charge in [0.1, 0.15) is 33.8 Å². The zero-order valence-corrected chi connectivity index (χ0v) is 17.7. The molecule has 0 radical (unpaired) electrons. The van der Waals surface area contributed by atoms with Crippen LogP contribution in [0, 0.1) is 5.92 Å². The normalized spacial score (nSPS) is 16.7. The van der Waals surface area contributed by atoms with Crippen molar-refractivity contribution in [3.63, 3.8) is 0 Å². The fraction of sp³-hybridized carbons (Fsp3) is 0.381. The molecule has 3 aromatic rings. The Bertz CT molecular complexity index is 1240. The van der Waals surface area contributed by atoms with Crippen molar-refractivity contribution in [1.82, 2.24) is 14.5 Å². The van der Waals surface area contributed by atoms with Crippen LogP contribution >= 0.6 is 0 Å². The van der Waals surface area contributed by atoms with E-state index in [9.17, 15) is 13.2 Å². The molecule has 162 valence electrons. The summed E-state index contributed by atoms with van der Waals surface area (Å²) in [5, 5.41) is 3.27. The SMILES string of the molecule is NC(=O)[C@@H](Nc1cc2c3c(c1)nc(-c1cncc(C[SH](=O)=O)c1)n3CCCO2)C1CC1. The smallest absolute Gasteiger partial charge is 0.240 e. The summed E-state index contributed by atoms with van der Waals surface area (Å²) >= 11 is 0. The number of ether oxygens (including phenoxy) is 1. The third-order valence-corrected chi connectivity index (χ3v) is 6.30. The number of nitrogens with zero attached hydrogens (tertiary/aromatic N) is 3. The Kier molecular flexibility index (Phi) is 5.01. The van der Waals surface area contributed by atoms with Gasteiger partial charge in [-0.3, -0.25) is 9.78 Å². The van der Waals surface area contributed by atoms with Crippen molar-refractivity contribution in [1.29, 1.82) is 0 Å². The molecule has 1 saturated carbocycles. The molecule has 1 amide bonds. The molecule has 5 rings (SSSR count). The number of hydrogen-bond acceptors (Lipinski definition) is 7. The third kappa shape index (κ3) is 3.95. The maximum Gasteiger partial charge on any atom is 0.240 e. The van der Waals surface area contributed by atoms with Crippen LogP contribution in [0.25, 0.3) is 22.4 Å². The van der Waals surface area contributed by atoms with E-state index in [4.69, 9.17) is 15.5 Å². The highest BCUT2D eigenvalue weighted by atomic mass is 32.2. The maximum atomic E-state index is 11.9. The first-order valence-corrected chi connectivity index (χ1v) is 11.6. The largest absolute Gasteiger partial charge is 0.491 e. The van der Waals surface area contributed by atoms with Crippen molar-refractivity contribution >= 4 is 33.3 Å². The maximum absolute atomic E-state index is 11.9. The number of hydrogen-bond donors (Lipinski definition) is 3. The molecule has 2 aromatic heterocycles. The minimum absolute atomic E-state index is 0.0610. The van der Waals surface area contributed by atoms with Crippen LogP contribution in [0.2, 0.25) is 0 Å². The Morgan fingerprint density at radius 1 is 1.29 bits per heavy atom. The van der Waals surface area contributed by atoms with Gasteiger partial charge in [-0.1, -0.05) is 0 Å². The Hall–Kier alpha value is -3.14. The van der Waals surface area contributed by atoms with Crippen LogP contribution in [0.4, 0.5) is 5.69 Å². The van der Waals surface area contributed by atoms with E-state index < -0.39 is 16.7 Å². The zero-order valence-electron chi connectivity index (χ0n) is 16.8. The van der Waals surface area contributed by atoms with Crippen molar-refractivity contribution in [3.05, 3.63) is 36.2 Å². The number of carbonyl (C=O) groups excluding carboxylic acids is 1. The highest BCUT2D eigenvalue weighted by molar-refractivity contribution is 7.71. The summed E-state index contributed by atoms with van der Waals surface area (Å²) in [7, 11) is -2.54. The fourth-order valence-electron chi connectivity index (χ4n) is 4.14. The molecule has 0 unspecified atom stereocenters. The molecule has 9 nitrogen and oxygen atoms in total. The minimum Gasteiger partial charge on any atom is -0.491 e. The standard InChI is InChI=1S/C21H23N5O4S/c22-20(27)18(13-2-3-13)24-15-7-16-19-17(8-15)30-5-1-4-26(19)21(25-16)14-6-12(9-23-10-14)11-31(28)29/h6-10,13,18,24,31H,1-5,11H2,(H2,22,27)/t18-/m0/s1. The van der Waals surface area contributed by atoms with Gasteiger partial charge >= 0.3 is 0 Å². The second-order valence-electron chi connectivity index (χ2n) is 8.07. The Labute approximate surface area is 180 Å². The summed E-state index contributed by atoms with van der Waals surface area (Å²) in [6.45, 7) is 1.29. The van der Waals surface area contributed by atoms with Crippen LogP contribution in [-0.4, -0.2) is 41.5 Å². The summed E-state index contributed by atoms with van der Waals surface area (Å²) in [6.07, 6.45) is 6.03. The lowest BCUT2D eigenvalue weighted by molar-refractivity contribution is -0.119. The number of nitrogens with one attached hydrogen (secondary N) is 1. The third-order valence-electron chi connectivity index (χ3n) is 5.68. The number of benzene rings is 1. The molecular weight excluding hydrogens is 418 g/mol. The number of amides is 1. The number of rotatable bonds is 7. The lowest BCUT2D eigenvalue weighted by Gasteiger charge is -2.17. The van der Waals surface area contributed by atoms with Crippen molar-refractivity contribution in [2.24, 2.45) is 11.7 Å². The van der Waals surface area contributed by atoms with Crippen LogP contribution in [0.1, 0.15) is 24.8 Å². The summed E-state index contributed by atoms with van der Waals surface area (Å²) in [5.41, 5.74) is 9.32. The van der Waals surface area contributed by atoms with Gasteiger partial charge < -0.3 is 20.4 Å². The van der Waals surface area contributed by atoms with E-state index in [0.29, 0.717) is 23.7 Å². The quantitative estimate of drug-likeness (QED) is 0.476. The van der Waals surface area contributed by atoms with E-state index in [2.05, 4.69) is 14.9 Å². The molecule has 1 aliphatic carbocycles. The van der Waals surface area contributed by atoms with Gasteiger partial charge in [0.25, 0.3) is 0 Å². The number of anilines is 1. The Balaban J connectivity index is 1.59. The van der Waals surface area contributed by atoms with Gasteiger partial charge in [-0.2, -0.15) is 0 Å². The topological polar surface area (TPSA) is 129 Å².